The lowest BCUT2D eigenvalue weighted by Gasteiger charge is -2.13. The number of ether oxygens (including phenoxy) is 2. The molecule has 1 aliphatic heterocycles. The molecule has 1 N–H and O–H groups in total. The van der Waals surface area contributed by atoms with E-state index in [1.807, 2.05) is 25.1 Å². The molecule has 1 aromatic carbocycles. The van der Waals surface area contributed by atoms with E-state index in [1.165, 1.54) is 0 Å². The molecule has 17 heavy (non-hydrogen) atoms. The Morgan fingerprint density at radius 1 is 1.53 bits per heavy atom. The van der Waals surface area contributed by atoms with E-state index in [0.717, 1.165) is 18.4 Å². The van der Waals surface area contributed by atoms with E-state index >= 15 is 0 Å². The van der Waals surface area contributed by atoms with Gasteiger partial charge in [-0.15, -0.1) is 0 Å². The summed E-state index contributed by atoms with van der Waals surface area (Å²) in [5.41, 5.74) is 1.78. The van der Waals surface area contributed by atoms with Gasteiger partial charge in [0.15, 0.2) is 0 Å². The summed E-state index contributed by atoms with van der Waals surface area (Å²) < 4.78 is 10.5. The van der Waals surface area contributed by atoms with Crippen molar-refractivity contribution in [2.75, 3.05) is 19.0 Å². The van der Waals surface area contributed by atoms with Crippen molar-refractivity contribution >= 4 is 11.6 Å². The van der Waals surface area contributed by atoms with Crippen molar-refractivity contribution in [1.82, 2.24) is 0 Å². The summed E-state index contributed by atoms with van der Waals surface area (Å²) in [5, 5.41) is 2.86. The van der Waals surface area contributed by atoms with Gasteiger partial charge < -0.3 is 14.8 Å². The number of nitrogens with one attached hydrogen (secondary N) is 1. The van der Waals surface area contributed by atoms with Gasteiger partial charge >= 0.3 is 0 Å². The van der Waals surface area contributed by atoms with E-state index in [9.17, 15) is 4.79 Å². The molecule has 0 aromatic heterocycles. The summed E-state index contributed by atoms with van der Waals surface area (Å²) in [7, 11) is 1.59. The second kappa shape index (κ2) is 5.19. The van der Waals surface area contributed by atoms with Crippen molar-refractivity contribution in [3.05, 3.63) is 23.8 Å². The van der Waals surface area contributed by atoms with Gasteiger partial charge in [-0.1, -0.05) is 6.07 Å². The smallest absolute Gasteiger partial charge is 0.253 e. The standard InChI is InChI=1S/C13H17NO3/c1-9-5-6-11(16-2)10(8-9)14-13(15)12-4-3-7-17-12/h5-6,8,12H,3-4,7H2,1-2H3,(H,14,15). The first kappa shape index (κ1) is 11.9. The number of anilines is 1. The lowest BCUT2D eigenvalue weighted by Crippen LogP contribution is -2.27. The van der Waals surface area contributed by atoms with Crippen molar-refractivity contribution in [2.45, 2.75) is 25.9 Å². The minimum atomic E-state index is -0.319. The van der Waals surface area contributed by atoms with Crippen LogP contribution in [-0.2, 0) is 9.53 Å². The fraction of sp³-hybridized carbons (Fsp3) is 0.462. The highest BCUT2D eigenvalue weighted by molar-refractivity contribution is 5.95. The Hall–Kier alpha value is -1.55. The molecule has 1 unspecified atom stereocenters. The summed E-state index contributed by atoms with van der Waals surface area (Å²) in [4.78, 5) is 11.9. The van der Waals surface area contributed by atoms with Gasteiger partial charge in [0.05, 0.1) is 12.8 Å². The summed E-state index contributed by atoms with van der Waals surface area (Å²) >= 11 is 0. The van der Waals surface area contributed by atoms with E-state index in [4.69, 9.17) is 9.47 Å². The van der Waals surface area contributed by atoms with E-state index < -0.39 is 0 Å². The van der Waals surface area contributed by atoms with Crippen LogP contribution in [-0.4, -0.2) is 25.7 Å². The molecule has 4 heteroatoms. The van der Waals surface area contributed by atoms with E-state index in [1.54, 1.807) is 7.11 Å². The zero-order chi connectivity index (χ0) is 12.3. The molecular formula is C13H17NO3. The van der Waals surface area contributed by atoms with Crippen LogP contribution in [0.15, 0.2) is 18.2 Å². The molecule has 92 valence electrons. The van der Waals surface area contributed by atoms with Crippen molar-refractivity contribution in [3.8, 4) is 5.75 Å². The number of methoxy groups -OCH3 is 1. The molecule has 1 fully saturated rings. The molecule has 0 radical (unpaired) electrons. The molecular weight excluding hydrogens is 218 g/mol. The summed E-state index contributed by atoms with van der Waals surface area (Å²) in [6, 6.07) is 5.69. The quantitative estimate of drug-likeness (QED) is 0.873. The van der Waals surface area contributed by atoms with E-state index in [0.29, 0.717) is 18.0 Å². The van der Waals surface area contributed by atoms with Crippen molar-refractivity contribution in [2.24, 2.45) is 0 Å². The first-order chi connectivity index (χ1) is 8.20. The maximum atomic E-state index is 11.9. The first-order valence-corrected chi connectivity index (χ1v) is 5.78. The van der Waals surface area contributed by atoms with E-state index in [2.05, 4.69) is 5.32 Å². The summed E-state index contributed by atoms with van der Waals surface area (Å²) in [5.74, 6) is 0.577. The molecule has 0 spiro atoms. The molecule has 1 saturated heterocycles. The highest BCUT2D eigenvalue weighted by Gasteiger charge is 2.24. The molecule has 1 atom stereocenters. The third-order valence-electron chi connectivity index (χ3n) is 2.83. The van der Waals surface area contributed by atoms with Crippen LogP contribution in [0.1, 0.15) is 18.4 Å². The molecule has 2 rings (SSSR count). The highest BCUT2D eigenvalue weighted by Crippen LogP contribution is 2.26. The zero-order valence-electron chi connectivity index (χ0n) is 10.2. The topological polar surface area (TPSA) is 47.6 Å². The Morgan fingerprint density at radius 3 is 3.00 bits per heavy atom. The van der Waals surface area contributed by atoms with Gasteiger partial charge in [-0.05, 0) is 37.5 Å². The number of amides is 1. The molecule has 1 heterocycles. The third-order valence-corrected chi connectivity index (χ3v) is 2.83. The van der Waals surface area contributed by atoms with Crippen LogP contribution in [0.25, 0.3) is 0 Å². The predicted octanol–water partition coefficient (Wildman–Crippen LogP) is 2.12. The van der Waals surface area contributed by atoms with Crippen LogP contribution >= 0.6 is 0 Å². The number of hydrogen-bond donors (Lipinski definition) is 1. The second-order valence-corrected chi connectivity index (χ2v) is 4.19. The van der Waals surface area contributed by atoms with Crippen LogP contribution in [0.3, 0.4) is 0 Å². The average Bonchev–Trinajstić information content (AvgIpc) is 2.83. The lowest BCUT2D eigenvalue weighted by atomic mass is 10.2. The van der Waals surface area contributed by atoms with Crippen LogP contribution in [0.2, 0.25) is 0 Å². The monoisotopic (exact) mass is 235 g/mol. The van der Waals surface area contributed by atoms with Gasteiger partial charge in [-0.3, -0.25) is 4.79 Å². The molecule has 1 aromatic rings. The predicted molar refractivity (Wildman–Crippen MR) is 65.3 cm³/mol. The Bertz CT molecular complexity index is 411. The molecule has 0 aliphatic carbocycles. The normalized spacial score (nSPS) is 19.1. The number of aryl methyl sites for hydroxylation is 1. The second-order valence-electron chi connectivity index (χ2n) is 4.19. The number of benzene rings is 1. The molecule has 1 aliphatic rings. The molecule has 0 bridgehead atoms. The number of hydrogen-bond acceptors (Lipinski definition) is 3. The van der Waals surface area contributed by atoms with E-state index in [-0.39, 0.29) is 12.0 Å². The minimum absolute atomic E-state index is 0.0913. The highest BCUT2D eigenvalue weighted by atomic mass is 16.5. The lowest BCUT2D eigenvalue weighted by molar-refractivity contribution is -0.124. The van der Waals surface area contributed by atoms with Crippen molar-refractivity contribution in [1.29, 1.82) is 0 Å². The molecule has 1 amide bonds. The summed E-state index contributed by atoms with van der Waals surface area (Å²) in [6.07, 6.45) is 1.42. The van der Waals surface area contributed by atoms with Crippen LogP contribution in [0.4, 0.5) is 5.69 Å². The van der Waals surface area contributed by atoms with Crippen LogP contribution in [0.5, 0.6) is 5.75 Å². The first-order valence-electron chi connectivity index (χ1n) is 5.78. The zero-order valence-corrected chi connectivity index (χ0v) is 10.2. The molecule has 0 saturated carbocycles. The number of carbonyl (C=O) groups is 1. The van der Waals surface area contributed by atoms with Crippen molar-refractivity contribution < 1.29 is 14.3 Å². The van der Waals surface area contributed by atoms with Crippen LogP contribution in [0, 0.1) is 6.92 Å². The van der Waals surface area contributed by atoms with Crippen molar-refractivity contribution in [3.63, 3.8) is 0 Å². The average molecular weight is 235 g/mol. The fourth-order valence-corrected chi connectivity index (χ4v) is 1.92. The Kier molecular flexibility index (Phi) is 3.64. The fourth-order valence-electron chi connectivity index (χ4n) is 1.92. The van der Waals surface area contributed by atoms with Gasteiger partial charge in [0.2, 0.25) is 0 Å². The maximum Gasteiger partial charge on any atom is 0.253 e. The Morgan fingerprint density at radius 2 is 2.35 bits per heavy atom. The largest absolute Gasteiger partial charge is 0.495 e. The SMILES string of the molecule is COc1ccc(C)cc1NC(=O)C1CCCO1. The third kappa shape index (κ3) is 2.77. The Balaban J connectivity index is 2.11. The molecule has 4 nitrogen and oxygen atoms in total. The number of carbonyl (C=O) groups excluding carboxylic acids is 1. The van der Waals surface area contributed by atoms with Crippen LogP contribution < -0.4 is 10.1 Å². The van der Waals surface area contributed by atoms with Gasteiger partial charge in [0, 0.05) is 6.61 Å². The van der Waals surface area contributed by atoms with Gasteiger partial charge in [-0.25, -0.2) is 0 Å². The van der Waals surface area contributed by atoms with Gasteiger partial charge in [-0.2, -0.15) is 0 Å². The van der Waals surface area contributed by atoms with Gasteiger partial charge in [0.1, 0.15) is 11.9 Å². The summed E-state index contributed by atoms with van der Waals surface area (Å²) in [6.45, 7) is 2.64. The maximum absolute atomic E-state index is 11.9. The Labute approximate surface area is 101 Å². The van der Waals surface area contributed by atoms with Gasteiger partial charge in [0.25, 0.3) is 5.91 Å². The minimum Gasteiger partial charge on any atom is -0.495 e. The number of rotatable bonds is 3.